The highest BCUT2D eigenvalue weighted by Crippen LogP contribution is 2.30. The van der Waals surface area contributed by atoms with E-state index in [1.54, 1.807) is 60.7 Å². The Labute approximate surface area is 261 Å². The Morgan fingerprint density at radius 2 is 1.38 bits per heavy atom. The molecular weight excluding hydrogens is 622 g/mol. The molecule has 212 valence electrons. The number of ether oxygens (including phenoxy) is 2. The van der Waals surface area contributed by atoms with Gasteiger partial charge in [-0.05, 0) is 78.4 Å². The highest BCUT2D eigenvalue weighted by Gasteiger charge is 2.37. The van der Waals surface area contributed by atoms with Gasteiger partial charge in [0, 0.05) is 31.2 Å². The van der Waals surface area contributed by atoms with E-state index in [0.717, 1.165) is 16.0 Å². The summed E-state index contributed by atoms with van der Waals surface area (Å²) in [7, 11) is 0. The number of hydrogen-bond acceptors (Lipinski definition) is 5. The van der Waals surface area contributed by atoms with Crippen LogP contribution in [0.5, 0.6) is 11.5 Å². The van der Waals surface area contributed by atoms with Crippen molar-refractivity contribution in [2.24, 2.45) is 0 Å². The van der Waals surface area contributed by atoms with Gasteiger partial charge in [-0.25, -0.2) is 9.69 Å². The number of nitrogens with zero attached hydrogens (tertiary/aromatic N) is 1. The number of anilines is 1. The first kappa shape index (κ1) is 29.5. The molecule has 4 aromatic carbocycles. The minimum atomic E-state index is -0.880. The molecule has 0 aliphatic carbocycles. The monoisotopic (exact) mass is 640 g/mol. The zero-order valence-electron chi connectivity index (χ0n) is 21.6. The van der Waals surface area contributed by atoms with E-state index >= 15 is 0 Å². The van der Waals surface area contributed by atoms with E-state index in [1.165, 1.54) is 18.2 Å². The van der Waals surface area contributed by atoms with Crippen molar-refractivity contribution in [3.05, 3.63) is 127 Å². The second-order valence-corrected chi connectivity index (χ2v) is 10.8. The number of rotatable bonds is 8. The third kappa shape index (κ3) is 6.89. The van der Waals surface area contributed by atoms with Crippen molar-refractivity contribution in [3.8, 4) is 11.5 Å². The van der Waals surface area contributed by atoms with Gasteiger partial charge in [0.05, 0.1) is 5.69 Å². The highest BCUT2D eigenvalue weighted by atomic mass is 35.5. The first-order valence-electron chi connectivity index (χ1n) is 12.4. The molecule has 0 bridgehead atoms. The van der Waals surface area contributed by atoms with Crippen molar-refractivity contribution in [1.29, 1.82) is 0 Å². The third-order valence-corrected chi connectivity index (χ3v) is 7.26. The molecule has 0 atom stereocenters. The standard InChI is InChI=1S/C31H20Cl4N2O5/c32-21-4-1-18(2-5-21)16-42-28-12-7-22(33)13-20(28)14-26-29(38)36-31(40)37(30(26)39)24-8-10-25(11-9-24)41-17-19-3-6-23(34)15-27(19)35/h1-15H,16-17H2,(H,36,38,40)/b26-14+. The van der Waals surface area contributed by atoms with E-state index in [4.69, 9.17) is 55.9 Å². The quantitative estimate of drug-likeness (QED) is 0.155. The Bertz CT molecular complexity index is 1710. The number of barbiturate groups is 1. The first-order valence-corrected chi connectivity index (χ1v) is 13.9. The number of carbonyl (C=O) groups excluding carboxylic acids is 3. The predicted molar refractivity (Wildman–Crippen MR) is 163 cm³/mol. The minimum absolute atomic E-state index is 0.182. The Morgan fingerprint density at radius 3 is 2.10 bits per heavy atom. The number of benzene rings is 4. The number of imide groups is 2. The van der Waals surface area contributed by atoms with Crippen molar-refractivity contribution in [2.75, 3.05) is 4.90 Å². The molecule has 1 aliphatic rings. The lowest BCUT2D eigenvalue weighted by atomic mass is 10.1. The third-order valence-electron chi connectivity index (χ3n) is 6.19. The predicted octanol–water partition coefficient (Wildman–Crippen LogP) is 8.12. The van der Waals surface area contributed by atoms with Gasteiger partial charge in [-0.1, -0.05) is 64.6 Å². The zero-order valence-corrected chi connectivity index (χ0v) is 24.6. The van der Waals surface area contributed by atoms with E-state index in [0.29, 0.717) is 37.2 Å². The molecule has 42 heavy (non-hydrogen) atoms. The smallest absolute Gasteiger partial charge is 0.335 e. The molecule has 7 nitrogen and oxygen atoms in total. The van der Waals surface area contributed by atoms with Crippen LogP contribution in [0.25, 0.3) is 6.08 Å². The van der Waals surface area contributed by atoms with Gasteiger partial charge >= 0.3 is 6.03 Å². The summed E-state index contributed by atoms with van der Waals surface area (Å²) in [6.45, 7) is 0.389. The van der Waals surface area contributed by atoms with Crippen LogP contribution in [0.3, 0.4) is 0 Å². The second-order valence-electron chi connectivity index (χ2n) is 9.07. The van der Waals surface area contributed by atoms with Crippen LogP contribution in [-0.4, -0.2) is 17.8 Å². The van der Waals surface area contributed by atoms with Crippen molar-refractivity contribution in [3.63, 3.8) is 0 Å². The number of carbonyl (C=O) groups is 3. The van der Waals surface area contributed by atoms with Crippen molar-refractivity contribution >= 4 is 76.0 Å². The SMILES string of the molecule is O=C1NC(=O)N(c2ccc(OCc3ccc(Cl)cc3Cl)cc2)C(=O)/C1=C/c1cc(Cl)ccc1OCc1ccc(Cl)cc1. The molecule has 4 aromatic rings. The van der Waals surface area contributed by atoms with Gasteiger partial charge in [0.2, 0.25) is 0 Å². The molecule has 0 radical (unpaired) electrons. The van der Waals surface area contributed by atoms with Crippen molar-refractivity contribution < 1.29 is 23.9 Å². The number of urea groups is 1. The lowest BCUT2D eigenvalue weighted by Gasteiger charge is -2.26. The van der Waals surface area contributed by atoms with Gasteiger partial charge in [-0.3, -0.25) is 14.9 Å². The van der Waals surface area contributed by atoms with Crippen LogP contribution in [-0.2, 0) is 22.8 Å². The van der Waals surface area contributed by atoms with Crippen LogP contribution in [0.2, 0.25) is 20.1 Å². The van der Waals surface area contributed by atoms with Gasteiger partial charge in [-0.2, -0.15) is 0 Å². The largest absolute Gasteiger partial charge is 0.489 e. The molecule has 1 fully saturated rings. The summed E-state index contributed by atoms with van der Waals surface area (Å²) in [4.78, 5) is 39.8. The zero-order chi connectivity index (χ0) is 29.8. The summed E-state index contributed by atoms with van der Waals surface area (Å²) >= 11 is 24.3. The van der Waals surface area contributed by atoms with Crippen LogP contribution < -0.4 is 19.7 Å². The molecule has 0 unspecified atom stereocenters. The second kappa shape index (κ2) is 12.9. The minimum Gasteiger partial charge on any atom is -0.489 e. The number of nitrogens with one attached hydrogen (secondary N) is 1. The fourth-order valence-electron chi connectivity index (χ4n) is 4.04. The highest BCUT2D eigenvalue weighted by molar-refractivity contribution is 6.39. The number of amides is 4. The van der Waals surface area contributed by atoms with Gasteiger partial charge in [0.15, 0.2) is 0 Å². The summed E-state index contributed by atoms with van der Waals surface area (Å²) in [6, 6.07) is 22.4. The van der Waals surface area contributed by atoms with Crippen LogP contribution in [0.4, 0.5) is 10.5 Å². The van der Waals surface area contributed by atoms with E-state index in [-0.39, 0.29) is 24.5 Å². The topological polar surface area (TPSA) is 84.9 Å². The van der Waals surface area contributed by atoms with Gasteiger partial charge in [-0.15, -0.1) is 0 Å². The Kier molecular flexibility index (Phi) is 9.04. The molecule has 0 saturated carbocycles. The Hall–Kier alpha value is -4.01. The number of halogens is 4. The molecule has 1 aliphatic heterocycles. The molecule has 0 aromatic heterocycles. The molecule has 1 N–H and O–H groups in total. The molecule has 11 heteroatoms. The lowest BCUT2D eigenvalue weighted by molar-refractivity contribution is -0.122. The first-order chi connectivity index (χ1) is 20.2. The van der Waals surface area contributed by atoms with Crippen LogP contribution in [0.1, 0.15) is 16.7 Å². The normalized spacial score (nSPS) is 14.2. The van der Waals surface area contributed by atoms with Crippen molar-refractivity contribution in [2.45, 2.75) is 13.2 Å². The van der Waals surface area contributed by atoms with Gasteiger partial charge < -0.3 is 9.47 Å². The van der Waals surface area contributed by atoms with Crippen molar-refractivity contribution in [1.82, 2.24) is 5.32 Å². The maximum absolute atomic E-state index is 13.5. The lowest BCUT2D eigenvalue weighted by Crippen LogP contribution is -2.54. The van der Waals surface area contributed by atoms with E-state index in [1.807, 2.05) is 12.1 Å². The number of hydrogen-bond donors (Lipinski definition) is 1. The molecule has 1 heterocycles. The summed E-state index contributed by atoms with van der Waals surface area (Å²) in [5, 5.41) is 4.17. The van der Waals surface area contributed by atoms with Crippen LogP contribution in [0.15, 0.2) is 90.5 Å². The molecule has 5 rings (SSSR count). The molecule has 0 spiro atoms. The Morgan fingerprint density at radius 1 is 0.714 bits per heavy atom. The summed E-state index contributed by atoms with van der Waals surface area (Å²) in [5.74, 6) is -0.797. The van der Waals surface area contributed by atoms with E-state index < -0.39 is 17.8 Å². The van der Waals surface area contributed by atoms with E-state index in [2.05, 4.69) is 5.32 Å². The molecular formula is C31H20Cl4N2O5. The van der Waals surface area contributed by atoms with Gasteiger partial charge in [0.1, 0.15) is 30.3 Å². The Balaban J connectivity index is 1.35. The maximum atomic E-state index is 13.5. The molecule has 4 amide bonds. The molecule has 1 saturated heterocycles. The summed E-state index contributed by atoms with van der Waals surface area (Å²) in [5.41, 5.74) is 1.94. The fraction of sp³-hybridized carbons (Fsp3) is 0.0645. The van der Waals surface area contributed by atoms with Crippen LogP contribution in [0, 0.1) is 0 Å². The fourth-order valence-corrected chi connectivity index (χ4v) is 4.81. The van der Waals surface area contributed by atoms with Crippen LogP contribution >= 0.6 is 46.4 Å². The summed E-state index contributed by atoms with van der Waals surface area (Å²) < 4.78 is 11.7. The summed E-state index contributed by atoms with van der Waals surface area (Å²) in [6.07, 6.45) is 1.34. The van der Waals surface area contributed by atoms with E-state index in [9.17, 15) is 14.4 Å². The maximum Gasteiger partial charge on any atom is 0.335 e. The average molecular weight is 642 g/mol. The average Bonchev–Trinajstić information content (AvgIpc) is 2.96. The van der Waals surface area contributed by atoms with Gasteiger partial charge in [0.25, 0.3) is 11.8 Å².